The number of halogens is 2. The van der Waals surface area contributed by atoms with Crippen molar-refractivity contribution in [3.05, 3.63) is 34.1 Å². The number of carbonyl (C=O) groups is 1. The van der Waals surface area contributed by atoms with Crippen molar-refractivity contribution in [1.82, 2.24) is 0 Å². The Morgan fingerprint density at radius 2 is 2.20 bits per heavy atom. The van der Waals surface area contributed by atoms with E-state index >= 15 is 0 Å². The van der Waals surface area contributed by atoms with E-state index in [4.69, 9.17) is 22.0 Å². The van der Waals surface area contributed by atoms with E-state index in [1.54, 1.807) is 0 Å². The lowest BCUT2D eigenvalue weighted by Gasteiger charge is -2.00. The highest BCUT2D eigenvalue weighted by Crippen LogP contribution is 2.20. The molecular formula is C10H3ClFNO2. The van der Waals surface area contributed by atoms with Gasteiger partial charge in [0.2, 0.25) is 0 Å². The Hall–Kier alpha value is -2.04. The standard InChI is InChI=1S/C10H3ClFNO2/c11-8-4-6(2-1-3-13)9(12)5-7(8)10(14)15/h4-5H,(H,14,15). The minimum atomic E-state index is -1.32. The number of carboxylic acids is 1. The molecule has 0 heterocycles. The van der Waals surface area contributed by atoms with Crippen LogP contribution in [0.2, 0.25) is 5.02 Å². The molecule has 0 aliphatic heterocycles. The van der Waals surface area contributed by atoms with E-state index in [0.717, 1.165) is 12.1 Å². The maximum Gasteiger partial charge on any atom is 0.337 e. The van der Waals surface area contributed by atoms with Gasteiger partial charge in [-0.15, -0.1) is 0 Å². The van der Waals surface area contributed by atoms with Gasteiger partial charge in [0, 0.05) is 5.92 Å². The summed E-state index contributed by atoms with van der Waals surface area (Å²) < 4.78 is 13.2. The van der Waals surface area contributed by atoms with Crippen molar-refractivity contribution >= 4 is 17.6 Å². The molecule has 0 aliphatic carbocycles. The molecule has 0 aromatic heterocycles. The van der Waals surface area contributed by atoms with Crippen molar-refractivity contribution in [2.75, 3.05) is 0 Å². The summed E-state index contributed by atoms with van der Waals surface area (Å²) in [4.78, 5) is 10.6. The number of nitrogens with zero attached hydrogens (tertiary/aromatic N) is 1. The van der Waals surface area contributed by atoms with Crippen molar-refractivity contribution in [2.24, 2.45) is 0 Å². The van der Waals surface area contributed by atoms with Gasteiger partial charge in [-0.1, -0.05) is 11.6 Å². The fourth-order valence-corrected chi connectivity index (χ4v) is 1.15. The van der Waals surface area contributed by atoms with Crippen LogP contribution in [-0.4, -0.2) is 11.1 Å². The zero-order valence-corrected chi connectivity index (χ0v) is 7.97. The predicted octanol–water partition coefficient (Wildman–Crippen LogP) is 2.05. The highest BCUT2D eigenvalue weighted by atomic mass is 35.5. The van der Waals surface area contributed by atoms with E-state index in [9.17, 15) is 9.18 Å². The Kier molecular flexibility index (Phi) is 3.28. The van der Waals surface area contributed by atoms with Gasteiger partial charge in [0.15, 0.2) is 6.07 Å². The molecule has 0 spiro atoms. The molecule has 5 heteroatoms. The van der Waals surface area contributed by atoms with E-state index < -0.39 is 11.8 Å². The van der Waals surface area contributed by atoms with Crippen LogP contribution in [0.1, 0.15) is 15.9 Å². The Morgan fingerprint density at radius 1 is 1.53 bits per heavy atom. The van der Waals surface area contributed by atoms with Crippen molar-refractivity contribution in [3.8, 4) is 17.9 Å². The van der Waals surface area contributed by atoms with E-state index in [0.29, 0.717) is 0 Å². The van der Waals surface area contributed by atoms with E-state index in [2.05, 4.69) is 5.92 Å². The topological polar surface area (TPSA) is 61.1 Å². The van der Waals surface area contributed by atoms with Crippen LogP contribution < -0.4 is 0 Å². The van der Waals surface area contributed by atoms with E-state index in [-0.39, 0.29) is 16.1 Å². The molecule has 1 aromatic carbocycles. The van der Waals surface area contributed by atoms with Gasteiger partial charge in [-0.25, -0.2) is 9.18 Å². The lowest BCUT2D eigenvalue weighted by atomic mass is 10.1. The summed E-state index contributed by atoms with van der Waals surface area (Å²) in [5.74, 6) is 2.06. The molecule has 74 valence electrons. The second kappa shape index (κ2) is 4.45. The average molecular weight is 224 g/mol. The third kappa shape index (κ3) is 2.46. The van der Waals surface area contributed by atoms with E-state index in [1.807, 2.05) is 5.92 Å². The summed E-state index contributed by atoms with van der Waals surface area (Å²) in [5.41, 5.74) is -0.441. The first-order valence-electron chi connectivity index (χ1n) is 3.68. The Morgan fingerprint density at radius 3 is 2.73 bits per heavy atom. The van der Waals surface area contributed by atoms with Crippen molar-refractivity contribution < 1.29 is 14.3 Å². The van der Waals surface area contributed by atoms with Gasteiger partial charge in [-0.3, -0.25) is 0 Å². The summed E-state index contributed by atoms with van der Waals surface area (Å²) in [6, 6.07) is 3.36. The van der Waals surface area contributed by atoms with Gasteiger partial charge < -0.3 is 5.11 Å². The molecule has 1 N–H and O–H groups in total. The highest BCUT2D eigenvalue weighted by Gasteiger charge is 2.12. The smallest absolute Gasteiger partial charge is 0.337 e. The third-order valence-corrected chi connectivity index (χ3v) is 1.85. The van der Waals surface area contributed by atoms with Crippen LogP contribution in [0.3, 0.4) is 0 Å². The fraction of sp³-hybridized carbons (Fsp3) is 0. The molecule has 0 atom stereocenters. The quantitative estimate of drug-likeness (QED) is 0.742. The molecule has 0 aliphatic rings. The summed E-state index contributed by atoms with van der Waals surface area (Å²) in [5, 5.41) is 16.7. The number of aromatic carboxylic acids is 1. The second-order valence-corrected chi connectivity index (χ2v) is 2.89. The normalized spacial score (nSPS) is 8.60. The molecular weight excluding hydrogens is 221 g/mol. The van der Waals surface area contributed by atoms with Crippen LogP contribution in [0.4, 0.5) is 4.39 Å². The molecule has 3 nitrogen and oxygen atoms in total. The molecule has 0 amide bonds. The highest BCUT2D eigenvalue weighted by molar-refractivity contribution is 6.33. The van der Waals surface area contributed by atoms with Crippen molar-refractivity contribution in [2.45, 2.75) is 0 Å². The first-order chi connectivity index (χ1) is 7.06. The van der Waals surface area contributed by atoms with Crippen LogP contribution in [-0.2, 0) is 0 Å². The van der Waals surface area contributed by atoms with Gasteiger partial charge in [-0.2, -0.15) is 5.26 Å². The van der Waals surface area contributed by atoms with Crippen molar-refractivity contribution in [1.29, 1.82) is 5.26 Å². The SMILES string of the molecule is N#CC#Cc1cc(Cl)c(C(=O)O)cc1F. The predicted molar refractivity (Wildman–Crippen MR) is 50.9 cm³/mol. The molecule has 0 saturated heterocycles. The number of rotatable bonds is 1. The second-order valence-electron chi connectivity index (χ2n) is 2.48. The summed E-state index contributed by atoms with van der Waals surface area (Å²) in [6.45, 7) is 0. The molecule has 15 heavy (non-hydrogen) atoms. The Balaban J connectivity index is 3.33. The van der Waals surface area contributed by atoms with Gasteiger partial charge in [-0.05, 0) is 18.1 Å². The third-order valence-electron chi connectivity index (χ3n) is 1.54. The van der Waals surface area contributed by atoms with Crippen molar-refractivity contribution in [3.63, 3.8) is 0 Å². The molecule has 0 unspecified atom stereocenters. The number of benzene rings is 1. The summed E-state index contributed by atoms with van der Waals surface area (Å²) >= 11 is 5.58. The van der Waals surface area contributed by atoms with Crippen LogP contribution in [0.15, 0.2) is 12.1 Å². The average Bonchev–Trinajstić information content (AvgIpc) is 2.18. The van der Waals surface area contributed by atoms with Crippen LogP contribution >= 0.6 is 11.6 Å². The number of hydrogen-bond donors (Lipinski definition) is 1. The first kappa shape index (κ1) is 11.0. The monoisotopic (exact) mass is 223 g/mol. The zero-order valence-electron chi connectivity index (χ0n) is 7.21. The Labute approximate surface area is 89.7 Å². The van der Waals surface area contributed by atoms with Crippen LogP contribution in [0, 0.1) is 29.0 Å². The number of nitriles is 1. The maximum atomic E-state index is 13.2. The summed E-state index contributed by atoms with van der Waals surface area (Å²) in [7, 11) is 0. The zero-order chi connectivity index (χ0) is 11.4. The lowest BCUT2D eigenvalue weighted by Crippen LogP contribution is -1.99. The molecule has 0 saturated carbocycles. The molecule has 1 rings (SSSR count). The molecule has 1 aromatic rings. The largest absolute Gasteiger partial charge is 0.478 e. The fourth-order valence-electron chi connectivity index (χ4n) is 0.902. The van der Waals surface area contributed by atoms with Crippen LogP contribution in [0.5, 0.6) is 0 Å². The van der Waals surface area contributed by atoms with Crippen LogP contribution in [0.25, 0.3) is 0 Å². The molecule has 0 fully saturated rings. The van der Waals surface area contributed by atoms with Gasteiger partial charge >= 0.3 is 5.97 Å². The van der Waals surface area contributed by atoms with E-state index in [1.165, 1.54) is 6.07 Å². The minimum absolute atomic E-state index is 0.105. The van der Waals surface area contributed by atoms with Gasteiger partial charge in [0.1, 0.15) is 5.82 Å². The van der Waals surface area contributed by atoms with Gasteiger partial charge in [0.25, 0.3) is 0 Å². The maximum absolute atomic E-state index is 13.2. The Bertz CT molecular complexity index is 523. The number of carboxylic acid groups (broad SMARTS) is 1. The molecule has 0 radical (unpaired) electrons. The van der Waals surface area contributed by atoms with Gasteiger partial charge in [0.05, 0.1) is 16.1 Å². The summed E-state index contributed by atoms with van der Waals surface area (Å²) in [6.07, 6.45) is 0. The number of hydrogen-bond acceptors (Lipinski definition) is 2. The first-order valence-corrected chi connectivity index (χ1v) is 4.06. The minimum Gasteiger partial charge on any atom is -0.478 e. The molecule has 0 bridgehead atoms. The lowest BCUT2D eigenvalue weighted by molar-refractivity contribution is 0.0696.